The Labute approximate surface area is 142 Å². The van der Waals surface area contributed by atoms with E-state index in [4.69, 9.17) is 9.84 Å². The second-order valence-electron chi connectivity index (χ2n) is 5.09. The normalized spacial score (nSPS) is 11.7. The average Bonchev–Trinajstić information content (AvgIpc) is 3.04. The van der Waals surface area contributed by atoms with Gasteiger partial charge in [-0.1, -0.05) is 35.3 Å². The third kappa shape index (κ3) is 5.39. The van der Waals surface area contributed by atoms with E-state index in [-0.39, 0.29) is 13.1 Å². The number of carbonyl (C=O) groups excluding carboxylic acids is 1. The van der Waals surface area contributed by atoms with Gasteiger partial charge in [-0.05, 0) is 10.5 Å². The molecule has 0 amide bonds. The zero-order valence-electron chi connectivity index (χ0n) is 13.1. The first-order valence-electron chi connectivity index (χ1n) is 7.31. The molecule has 2 aromatic rings. The molecule has 0 spiro atoms. The molecule has 0 saturated carbocycles. The maximum absolute atomic E-state index is 11.3. The number of aromatic nitrogens is 2. The fraction of sp³-hybridized carbons (Fsp3) is 0.267. The summed E-state index contributed by atoms with van der Waals surface area (Å²) in [5.41, 5.74) is 0.986. The van der Waals surface area contributed by atoms with Gasteiger partial charge in [0, 0.05) is 13.1 Å². The lowest BCUT2D eigenvalue weighted by Gasteiger charge is -2.17. The number of carboxylic acid groups (broad SMARTS) is 1. The summed E-state index contributed by atoms with van der Waals surface area (Å²) >= 11 is 0. The summed E-state index contributed by atoms with van der Waals surface area (Å²) < 4.78 is 6.07. The molecule has 1 heterocycles. The minimum absolute atomic E-state index is 0.100. The number of nitrogens with zero attached hydrogens (tertiary/aromatic N) is 3. The Morgan fingerprint density at radius 1 is 1.36 bits per heavy atom. The fourth-order valence-corrected chi connectivity index (χ4v) is 2.15. The Balaban J connectivity index is 2.01. The molecule has 0 fully saturated rings. The van der Waals surface area contributed by atoms with Crippen LogP contribution in [-0.4, -0.2) is 44.2 Å². The molecular weight excluding hydrogens is 332 g/mol. The van der Waals surface area contributed by atoms with Crippen LogP contribution in [0.25, 0.3) is 0 Å². The molecule has 25 heavy (non-hydrogen) atoms. The van der Waals surface area contributed by atoms with Crippen molar-refractivity contribution in [2.75, 3.05) is 6.54 Å². The number of nitro groups is 1. The number of hydrogen-bond acceptors (Lipinski definition) is 7. The molecule has 0 aliphatic carbocycles. The van der Waals surface area contributed by atoms with Gasteiger partial charge < -0.3 is 25.3 Å². The molecule has 0 saturated heterocycles. The van der Waals surface area contributed by atoms with Gasteiger partial charge in [0.2, 0.25) is 0 Å². The second kappa shape index (κ2) is 8.55. The molecule has 0 radical (unpaired) electrons. The molecule has 1 aromatic carbocycles. The average molecular weight is 348 g/mol. The highest BCUT2D eigenvalue weighted by Gasteiger charge is 2.24. The van der Waals surface area contributed by atoms with E-state index >= 15 is 0 Å². The smallest absolute Gasteiger partial charge is 0.434 e. The van der Waals surface area contributed by atoms with Crippen molar-refractivity contribution in [3.63, 3.8) is 0 Å². The van der Waals surface area contributed by atoms with Crippen molar-refractivity contribution in [3.8, 4) is 0 Å². The number of rotatable bonds is 8. The number of carbonyl (C=O) groups is 2. The quantitative estimate of drug-likeness (QED) is 0.306. The molecule has 1 atom stereocenters. The monoisotopic (exact) mass is 348 g/mol. The van der Waals surface area contributed by atoms with Gasteiger partial charge in [-0.3, -0.25) is 0 Å². The van der Waals surface area contributed by atoms with E-state index in [1.807, 2.05) is 30.3 Å². The molecule has 2 N–H and O–H groups in total. The third-order valence-electron chi connectivity index (χ3n) is 3.25. The molecule has 0 bridgehead atoms. The molecule has 10 heteroatoms. The van der Waals surface area contributed by atoms with Crippen molar-refractivity contribution in [3.05, 3.63) is 58.4 Å². The topological polar surface area (TPSA) is 137 Å². The van der Waals surface area contributed by atoms with Crippen molar-refractivity contribution in [1.82, 2.24) is 14.9 Å². The Morgan fingerprint density at radius 3 is 2.72 bits per heavy atom. The number of benzene rings is 1. The van der Waals surface area contributed by atoms with E-state index in [0.717, 1.165) is 5.56 Å². The van der Waals surface area contributed by atoms with Crippen molar-refractivity contribution in [1.29, 1.82) is 0 Å². The van der Waals surface area contributed by atoms with Crippen molar-refractivity contribution in [2.24, 2.45) is 0 Å². The summed E-state index contributed by atoms with van der Waals surface area (Å²) in [5, 5.41) is 22.6. The van der Waals surface area contributed by atoms with Crippen LogP contribution < -0.4 is 5.32 Å². The van der Waals surface area contributed by atoms with E-state index in [1.165, 1.54) is 17.0 Å². The summed E-state index contributed by atoms with van der Waals surface area (Å²) in [6, 6.07) is 9.40. The predicted molar refractivity (Wildman–Crippen MR) is 84.5 cm³/mol. The summed E-state index contributed by atoms with van der Waals surface area (Å²) in [5.74, 6) is -3.57. The number of ether oxygens (including phenoxy) is 1. The zero-order valence-corrected chi connectivity index (χ0v) is 13.1. The Bertz CT molecular complexity index is 745. The van der Waals surface area contributed by atoms with Crippen LogP contribution in [0, 0.1) is 10.1 Å². The summed E-state index contributed by atoms with van der Waals surface area (Å²) in [6.45, 7) is 0.481. The van der Waals surface area contributed by atoms with E-state index < -0.39 is 28.9 Å². The predicted octanol–water partition coefficient (Wildman–Crippen LogP) is 0.577. The Kier molecular flexibility index (Phi) is 6.18. The van der Waals surface area contributed by atoms with Crippen molar-refractivity contribution < 1.29 is 24.4 Å². The van der Waals surface area contributed by atoms with Crippen LogP contribution in [0.1, 0.15) is 5.56 Å². The number of nitrogens with one attached hydrogen (secondary N) is 1. The van der Waals surface area contributed by atoms with Gasteiger partial charge in [-0.25, -0.2) is 14.2 Å². The van der Waals surface area contributed by atoms with Crippen LogP contribution in [0.3, 0.4) is 0 Å². The third-order valence-corrected chi connectivity index (χ3v) is 3.25. The zero-order chi connectivity index (χ0) is 18.2. The molecule has 10 nitrogen and oxygen atoms in total. The van der Waals surface area contributed by atoms with Gasteiger partial charge in [0.15, 0.2) is 0 Å². The standard InChI is InChI=1S/C15H16N4O6/c20-13(21)14(22)25-12(9-16-8-11-4-2-1-3-5-11)10-18-7-6-17-15(18)19(23)24/h1-7,12,16H,8-10H2,(H,20,21). The van der Waals surface area contributed by atoms with Crippen LogP contribution in [-0.2, 0) is 27.4 Å². The van der Waals surface area contributed by atoms with E-state index in [2.05, 4.69) is 10.3 Å². The molecule has 2 rings (SSSR count). The van der Waals surface area contributed by atoms with Crippen molar-refractivity contribution in [2.45, 2.75) is 19.2 Å². The summed E-state index contributed by atoms with van der Waals surface area (Å²) in [7, 11) is 0. The number of aliphatic carboxylic acids is 1. The number of carboxylic acids is 1. The first kappa shape index (κ1) is 18.1. The van der Waals surface area contributed by atoms with E-state index in [9.17, 15) is 19.7 Å². The van der Waals surface area contributed by atoms with Gasteiger partial charge in [0.05, 0.1) is 0 Å². The largest absolute Gasteiger partial charge is 0.473 e. The van der Waals surface area contributed by atoms with Crippen molar-refractivity contribution >= 4 is 17.9 Å². The van der Waals surface area contributed by atoms with Gasteiger partial charge in [0.25, 0.3) is 0 Å². The van der Waals surface area contributed by atoms with Crippen LogP contribution in [0.4, 0.5) is 5.95 Å². The molecule has 1 aromatic heterocycles. The van der Waals surface area contributed by atoms with Gasteiger partial charge in [0.1, 0.15) is 25.0 Å². The van der Waals surface area contributed by atoms with Gasteiger partial charge in [-0.15, -0.1) is 0 Å². The Morgan fingerprint density at radius 2 is 2.08 bits per heavy atom. The van der Waals surface area contributed by atoms with Gasteiger partial charge in [-0.2, -0.15) is 0 Å². The first-order chi connectivity index (χ1) is 12.0. The minimum atomic E-state index is -1.73. The summed E-state index contributed by atoms with van der Waals surface area (Å²) in [4.78, 5) is 35.8. The maximum atomic E-state index is 11.3. The number of esters is 1. The molecule has 0 aliphatic heterocycles. The highest BCUT2D eigenvalue weighted by atomic mass is 16.6. The Hall–Kier alpha value is -3.27. The van der Waals surface area contributed by atoms with Crippen LogP contribution in [0.2, 0.25) is 0 Å². The lowest BCUT2D eigenvalue weighted by atomic mass is 10.2. The van der Waals surface area contributed by atoms with Gasteiger partial charge >= 0.3 is 17.9 Å². The number of hydrogen-bond donors (Lipinski definition) is 2. The molecule has 0 aliphatic rings. The van der Waals surface area contributed by atoms with E-state index in [0.29, 0.717) is 6.54 Å². The number of imidazole rings is 1. The van der Waals surface area contributed by atoms with Crippen LogP contribution in [0.15, 0.2) is 42.7 Å². The van der Waals surface area contributed by atoms with Crippen LogP contribution in [0.5, 0.6) is 0 Å². The lowest BCUT2D eigenvalue weighted by Crippen LogP contribution is -2.36. The first-order valence-corrected chi connectivity index (χ1v) is 7.31. The highest BCUT2D eigenvalue weighted by Crippen LogP contribution is 2.10. The maximum Gasteiger partial charge on any atom is 0.434 e. The summed E-state index contributed by atoms with van der Waals surface area (Å²) in [6.07, 6.45) is 1.68. The molecule has 1 unspecified atom stereocenters. The fourth-order valence-electron chi connectivity index (χ4n) is 2.15. The minimum Gasteiger partial charge on any atom is -0.473 e. The molecule has 132 valence electrons. The van der Waals surface area contributed by atoms with E-state index in [1.54, 1.807) is 0 Å². The lowest BCUT2D eigenvalue weighted by molar-refractivity contribution is -0.397. The second-order valence-corrected chi connectivity index (χ2v) is 5.09. The highest BCUT2D eigenvalue weighted by molar-refractivity contribution is 6.28. The SMILES string of the molecule is O=C(O)C(=O)OC(CNCc1ccccc1)Cn1ccnc1[N+](=O)[O-]. The molecular formula is C15H16N4O6. The van der Waals surface area contributed by atoms with Crippen LogP contribution >= 0.6 is 0 Å².